The van der Waals surface area contributed by atoms with E-state index in [1.165, 1.54) is 6.42 Å². The average molecular weight is 410 g/mol. The van der Waals surface area contributed by atoms with Crippen molar-refractivity contribution in [2.45, 2.75) is 32.6 Å². The summed E-state index contributed by atoms with van der Waals surface area (Å²) in [5.41, 5.74) is 2.52. The smallest absolute Gasteiger partial charge is 0.276 e. The quantitative estimate of drug-likeness (QED) is 0.845. The molecular formula is C19H25Cl2N5O. The monoisotopic (exact) mass is 409 g/mol. The molecule has 3 heterocycles. The summed E-state index contributed by atoms with van der Waals surface area (Å²) in [6.07, 6.45) is 4.04. The number of hydrogen-bond acceptors (Lipinski definition) is 4. The normalized spacial score (nSPS) is 18.5. The van der Waals surface area contributed by atoms with E-state index < -0.39 is 0 Å². The Labute approximate surface area is 170 Å². The minimum Gasteiger partial charge on any atom is -0.337 e. The number of amides is 1. The summed E-state index contributed by atoms with van der Waals surface area (Å²) < 4.78 is 1.73. The lowest BCUT2D eigenvalue weighted by Gasteiger charge is -2.38. The van der Waals surface area contributed by atoms with Crippen LogP contribution in [0.2, 0.25) is 5.02 Å². The standard InChI is InChI=1S/C19H24ClN5O.ClH/c1-2-16-17(22-23-25(16)15-5-3-4-14(20)12-15)18(26)24-10-7-19(8-11-24)6-9-21-13-19;/h3-5,12,21H,2,6-11,13H2,1H3;1H. The van der Waals surface area contributed by atoms with Gasteiger partial charge in [-0.25, -0.2) is 4.68 Å². The van der Waals surface area contributed by atoms with Crippen LogP contribution in [0.5, 0.6) is 0 Å². The van der Waals surface area contributed by atoms with Gasteiger partial charge in [0.1, 0.15) is 0 Å². The molecule has 2 aliphatic rings. The molecule has 146 valence electrons. The van der Waals surface area contributed by atoms with Crippen LogP contribution in [0.3, 0.4) is 0 Å². The van der Waals surface area contributed by atoms with Gasteiger partial charge >= 0.3 is 0 Å². The van der Waals surface area contributed by atoms with E-state index in [-0.39, 0.29) is 18.3 Å². The molecule has 2 aromatic rings. The Bertz CT molecular complexity index is 806. The molecule has 0 radical (unpaired) electrons. The van der Waals surface area contributed by atoms with Crippen molar-refractivity contribution in [3.05, 3.63) is 40.7 Å². The fraction of sp³-hybridized carbons (Fsp3) is 0.526. The van der Waals surface area contributed by atoms with Gasteiger partial charge < -0.3 is 10.2 Å². The van der Waals surface area contributed by atoms with Crippen LogP contribution < -0.4 is 5.32 Å². The van der Waals surface area contributed by atoms with E-state index in [0.717, 1.165) is 50.4 Å². The van der Waals surface area contributed by atoms with Gasteiger partial charge in [-0.1, -0.05) is 29.8 Å². The summed E-state index contributed by atoms with van der Waals surface area (Å²) in [6, 6.07) is 7.45. The molecule has 0 atom stereocenters. The number of nitrogens with zero attached hydrogens (tertiary/aromatic N) is 4. The summed E-state index contributed by atoms with van der Waals surface area (Å²) in [5, 5.41) is 12.6. The molecule has 8 heteroatoms. The Hall–Kier alpha value is -1.63. The number of carbonyl (C=O) groups excluding carboxylic acids is 1. The SMILES string of the molecule is CCc1c(C(=O)N2CCC3(CCNC3)CC2)nnn1-c1cccc(Cl)c1.Cl. The molecule has 0 unspecified atom stereocenters. The summed E-state index contributed by atoms with van der Waals surface area (Å²) in [4.78, 5) is 15.0. The van der Waals surface area contributed by atoms with Crippen LogP contribution in [-0.4, -0.2) is 52.0 Å². The van der Waals surface area contributed by atoms with Crippen molar-refractivity contribution in [1.29, 1.82) is 0 Å². The molecule has 27 heavy (non-hydrogen) atoms. The maximum absolute atomic E-state index is 13.1. The zero-order valence-electron chi connectivity index (χ0n) is 15.4. The van der Waals surface area contributed by atoms with Gasteiger partial charge in [-0.2, -0.15) is 0 Å². The first kappa shape index (κ1) is 20.1. The van der Waals surface area contributed by atoms with E-state index in [1.54, 1.807) is 4.68 Å². The Morgan fingerprint density at radius 2 is 2.07 bits per heavy atom. The predicted molar refractivity (Wildman–Crippen MR) is 108 cm³/mol. The lowest BCUT2D eigenvalue weighted by molar-refractivity contribution is 0.0601. The van der Waals surface area contributed by atoms with Crippen molar-refractivity contribution in [2.24, 2.45) is 5.41 Å². The predicted octanol–water partition coefficient (Wildman–Crippen LogP) is 3.12. The number of piperidine rings is 1. The Kier molecular flexibility index (Phi) is 6.08. The van der Waals surface area contributed by atoms with Crippen LogP contribution in [0.1, 0.15) is 42.4 Å². The third-order valence-corrected chi connectivity index (χ3v) is 6.03. The van der Waals surface area contributed by atoms with Crippen molar-refractivity contribution in [3.63, 3.8) is 0 Å². The lowest BCUT2D eigenvalue weighted by atomic mass is 9.78. The number of aromatic nitrogens is 3. The van der Waals surface area contributed by atoms with Crippen LogP contribution >= 0.6 is 24.0 Å². The maximum atomic E-state index is 13.1. The van der Waals surface area contributed by atoms with Crippen LogP contribution in [-0.2, 0) is 6.42 Å². The van der Waals surface area contributed by atoms with Crippen molar-refractivity contribution >= 4 is 29.9 Å². The van der Waals surface area contributed by atoms with Gasteiger partial charge in [-0.15, -0.1) is 17.5 Å². The van der Waals surface area contributed by atoms with E-state index in [0.29, 0.717) is 22.6 Å². The third kappa shape index (κ3) is 3.84. The van der Waals surface area contributed by atoms with Crippen molar-refractivity contribution in [2.75, 3.05) is 26.2 Å². The van der Waals surface area contributed by atoms with E-state index in [1.807, 2.05) is 36.1 Å². The fourth-order valence-electron chi connectivity index (χ4n) is 4.16. The number of nitrogens with one attached hydrogen (secondary N) is 1. The van der Waals surface area contributed by atoms with Gasteiger partial charge in [0.2, 0.25) is 0 Å². The zero-order chi connectivity index (χ0) is 18.1. The number of rotatable bonds is 3. The van der Waals surface area contributed by atoms with Gasteiger partial charge in [0, 0.05) is 24.7 Å². The first-order valence-corrected chi connectivity index (χ1v) is 9.70. The molecule has 1 aromatic heterocycles. The number of likely N-dealkylation sites (tertiary alicyclic amines) is 1. The summed E-state index contributed by atoms with van der Waals surface area (Å²) in [7, 11) is 0. The summed E-state index contributed by atoms with van der Waals surface area (Å²) >= 11 is 6.10. The number of benzene rings is 1. The molecule has 1 aromatic carbocycles. The minimum atomic E-state index is -0.00376. The van der Waals surface area contributed by atoms with E-state index in [2.05, 4.69) is 15.6 Å². The molecule has 1 spiro atoms. The van der Waals surface area contributed by atoms with Crippen molar-refractivity contribution in [3.8, 4) is 5.69 Å². The topological polar surface area (TPSA) is 63.1 Å². The highest BCUT2D eigenvalue weighted by atomic mass is 35.5. The molecule has 6 nitrogen and oxygen atoms in total. The van der Waals surface area contributed by atoms with E-state index >= 15 is 0 Å². The summed E-state index contributed by atoms with van der Waals surface area (Å²) in [6.45, 7) is 5.80. The molecule has 2 saturated heterocycles. The first-order chi connectivity index (χ1) is 12.6. The molecule has 0 bridgehead atoms. The summed E-state index contributed by atoms with van der Waals surface area (Å²) in [5.74, 6) is -0.00376. The molecule has 2 aliphatic heterocycles. The Morgan fingerprint density at radius 1 is 1.30 bits per heavy atom. The Morgan fingerprint density at radius 3 is 2.70 bits per heavy atom. The fourth-order valence-corrected chi connectivity index (χ4v) is 4.34. The molecule has 0 saturated carbocycles. The second kappa shape index (κ2) is 8.17. The minimum absolute atomic E-state index is 0. The number of carbonyl (C=O) groups is 1. The van der Waals surface area contributed by atoms with Crippen LogP contribution in [0.25, 0.3) is 5.69 Å². The molecule has 4 rings (SSSR count). The maximum Gasteiger partial charge on any atom is 0.276 e. The lowest BCUT2D eigenvalue weighted by Crippen LogP contribution is -2.44. The van der Waals surface area contributed by atoms with Gasteiger partial charge in [0.15, 0.2) is 5.69 Å². The van der Waals surface area contributed by atoms with Gasteiger partial charge in [-0.3, -0.25) is 4.79 Å². The second-order valence-electron chi connectivity index (χ2n) is 7.35. The van der Waals surface area contributed by atoms with Crippen molar-refractivity contribution < 1.29 is 4.79 Å². The van der Waals surface area contributed by atoms with Crippen LogP contribution in [0.4, 0.5) is 0 Å². The highest BCUT2D eigenvalue weighted by molar-refractivity contribution is 6.30. The molecule has 0 aliphatic carbocycles. The number of hydrogen-bond donors (Lipinski definition) is 1. The molecule has 1 amide bonds. The van der Waals surface area contributed by atoms with Crippen molar-refractivity contribution in [1.82, 2.24) is 25.2 Å². The van der Waals surface area contributed by atoms with E-state index in [9.17, 15) is 4.79 Å². The van der Waals surface area contributed by atoms with Gasteiger partial charge in [-0.05, 0) is 55.8 Å². The molecule has 1 N–H and O–H groups in total. The largest absolute Gasteiger partial charge is 0.337 e. The zero-order valence-corrected chi connectivity index (χ0v) is 17.0. The second-order valence-corrected chi connectivity index (χ2v) is 7.79. The van der Waals surface area contributed by atoms with E-state index in [4.69, 9.17) is 11.6 Å². The first-order valence-electron chi connectivity index (χ1n) is 9.32. The van der Waals surface area contributed by atoms with Gasteiger partial charge in [0.05, 0.1) is 11.4 Å². The van der Waals surface area contributed by atoms with Crippen LogP contribution in [0.15, 0.2) is 24.3 Å². The molecule has 2 fully saturated rings. The molecular weight excluding hydrogens is 385 g/mol. The van der Waals surface area contributed by atoms with Crippen LogP contribution in [0, 0.1) is 5.41 Å². The average Bonchev–Trinajstić information content (AvgIpc) is 3.29. The highest BCUT2D eigenvalue weighted by Gasteiger charge is 2.39. The number of halogens is 2. The van der Waals surface area contributed by atoms with Gasteiger partial charge in [0.25, 0.3) is 5.91 Å². The Balaban J connectivity index is 0.00000210. The third-order valence-electron chi connectivity index (χ3n) is 5.80. The highest BCUT2D eigenvalue weighted by Crippen LogP contribution is 2.37.